The lowest BCUT2D eigenvalue weighted by Crippen LogP contribution is -1.97. The number of aromatic nitrogens is 3. The van der Waals surface area contributed by atoms with Gasteiger partial charge in [0.2, 0.25) is 0 Å². The van der Waals surface area contributed by atoms with Crippen LogP contribution in [0.1, 0.15) is 0 Å². The molecule has 0 spiro atoms. The fourth-order valence-corrected chi connectivity index (χ4v) is 1.38. The molecule has 1 heterocycles. The summed E-state index contributed by atoms with van der Waals surface area (Å²) in [5.41, 5.74) is 2.95. The number of ether oxygens (including phenoxy) is 1. The molecular formula is C10H11FN4O2. The van der Waals surface area contributed by atoms with E-state index in [1.54, 1.807) is 0 Å². The van der Waals surface area contributed by atoms with Gasteiger partial charge in [0.25, 0.3) is 5.95 Å². The summed E-state index contributed by atoms with van der Waals surface area (Å²) in [5.74, 6) is 0.777. The van der Waals surface area contributed by atoms with Gasteiger partial charge in [0.15, 0.2) is 5.82 Å². The Hall–Kier alpha value is -2.15. The summed E-state index contributed by atoms with van der Waals surface area (Å²) in [4.78, 5) is 8.73. The van der Waals surface area contributed by atoms with Crippen molar-refractivity contribution >= 4 is 5.95 Å². The molecular weight excluding hydrogens is 227 g/mol. The zero-order valence-electron chi connectivity index (χ0n) is 9.32. The molecule has 0 aliphatic rings. The molecule has 7 heteroatoms. The standard InChI is InChI=1S/C10H11FN4O2/c1-16-8-4-3-6(11)5-7(8)9-12-10(14-13-9)15-17-2/h3-5H,1-2H3,(H2,12,13,14,15). The van der Waals surface area contributed by atoms with Crippen molar-refractivity contribution in [3.63, 3.8) is 0 Å². The third-order valence-electron chi connectivity index (χ3n) is 2.10. The SMILES string of the molecule is CONc1n[nH]c(-c2cc(F)ccc2OC)n1. The van der Waals surface area contributed by atoms with E-state index in [2.05, 4.69) is 25.5 Å². The van der Waals surface area contributed by atoms with Crippen molar-refractivity contribution in [1.82, 2.24) is 15.2 Å². The Balaban J connectivity index is 2.40. The summed E-state index contributed by atoms with van der Waals surface area (Å²) in [6, 6.07) is 4.15. The van der Waals surface area contributed by atoms with Crippen molar-refractivity contribution in [2.45, 2.75) is 0 Å². The molecule has 1 aromatic heterocycles. The number of nitrogens with one attached hydrogen (secondary N) is 2. The number of methoxy groups -OCH3 is 1. The number of halogens is 1. The number of anilines is 1. The van der Waals surface area contributed by atoms with Gasteiger partial charge in [-0.3, -0.25) is 9.94 Å². The molecule has 0 saturated carbocycles. The van der Waals surface area contributed by atoms with Crippen LogP contribution in [-0.2, 0) is 4.84 Å². The Labute approximate surface area is 96.7 Å². The number of aromatic amines is 1. The first-order valence-corrected chi connectivity index (χ1v) is 4.80. The lowest BCUT2D eigenvalue weighted by Gasteiger charge is -2.05. The predicted octanol–water partition coefficient (Wildman–Crippen LogP) is 1.59. The van der Waals surface area contributed by atoms with Crippen molar-refractivity contribution in [2.24, 2.45) is 0 Å². The van der Waals surface area contributed by atoms with Crippen LogP contribution in [0.5, 0.6) is 5.75 Å². The van der Waals surface area contributed by atoms with Crippen LogP contribution in [-0.4, -0.2) is 29.4 Å². The van der Waals surface area contributed by atoms with Crippen LogP contribution in [0.2, 0.25) is 0 Å². The highest BCUT2D eigenvalue weighted by atomic mass is 19.1. The molecule has 0 radical (unpaired) electrons. The molecule has 2 N–H and O–H groups in total. The van der Waals surface area contributed by atoms with E-state index in [1.807, 2.05) is 0 Å². The van der Waals surface area contributed by atoms with Crippen molar-refractivity contribution in [3.05, 3.63) is 24.0 Å². The molecule has 0 atom stereocenters. The molecule has 1 aromatic carbocycles. The smallest absolute Gasteiger partial charge is 0.266 e. The Bertz CT molecular complexity index is 515. The molecule has 90 valence electrons. The maximum Gasteiger partial charge on any atom is 0.266 e. The molecule has 0 bridgehead atoms. The van der Waals surface area contributed by atoms with Crippen LogP contribution in [0.3, 0.4) is 0 Å². The van der Waals surface area contributed by atoms with Gasteiger partial charge < -0.3 is 4.74 Å². The second-order valence-electron chi connectivity index (χ2n) is 3.16. The van der Waals surface area contributed by atoms with E-state index in [0.717, 1.165) is 0 Å². The summed E-state index contributed by atoms with van der Waals surface area (Å²) >= 11 is 0. The van der Waals surface area contributed by atoms with E-state index in [4.69, 9.17) is 4.74 Å². The van der Waals surface area contributed by atoms with Crippen LogP contribution >= 0.6 is 0 Å². The van der Waals surface area contributed by atoms with E-state index >= 15 is 0 Å². The Morgan fingerprint density at radius 3 is 2.88 bits per heavy atom. The Morgan fingerprint density at radius 1 is 1.35 bits per heavy atom. The number of H-pyrrole nitrogens is 1. The highest BCUT2D eigenvalue weighted by Gasteiger charge is 2.11. The minimum absolute atomic E-state index is 0.258. The van der Waals surface area contributed by atoms with E-state index in [9.17, 15) is 4.39 Å². The average molecular weight is 238 g/mol. The number of benzene rings is 1. The second kappa shape index (κ2) is 4.79. The number of hydrogen-bond donors (Lipinski definition) is 2. The van der Waals surface area contributed by atoms with Gasteiger partial charge in [-0.2, -0.15) is 4.98 Å². The quantitative estimate of drug-likeness (QED) is 0.791. The zero-order chi connectivity index (χ0) is 12.3. The van der Waals surface area contributed by atoms with E-state index < -0.39 is 0 Å². The van der Waals surface area contributed by atoms with Gasteiger partial charge in [-0.05, 0) is 18.2 Å². The van der Waals surface area contributed by atoms with Gasteiger partial charge >= 0.3 is 0 Å². The molecule has 6 nitrogen and oxygen atoms in total. The van der Waals surface area contributed by atoms with Crippen molar-refractivity contribution < 1.29 is 14.0 Å². The van der Waals surface area contributed by atoms with E-state index in [0.29, 0.717) is 17.1 Å². The minimum atomic E-state index is -0.376. The molecule has 17 heavy (non-hydrogen) atoms. The summed E-state index contributed by atoms with van der Waals surface area (Å²) in [6.45, 7) is 0. The molecule has 2 aromatic rings. The van der Waals surface area contributed by atoms with Gasteiger partial charge in [0.05, 0.1) is 19.8 Å². The van der Waals surface area contributed by atoms with Crippen molar-refractivity contribution in [3.8, 4) is 17.1 Å². The first-order valence-electron chi connectivity index (χ1n) is 4.80. The number of hydrogen-bond acceptors (Lipinski definition) is 5. The topological polar surface area (TPSA) is 72.1 Å². The van der Waals surface area contributed by atoms with Gasteiger partial charge in [0.1, 0.15) is 11.6 Å². The molecule has 0 amide bonds. The molecule has 0 saturated heterocycles. The molecule has 0 fully saturated rings. The maximum atomic E-state index is 13.2. The van der Waals surface area contributed by atoms with Crippen LogP contribution in [0.15, 0.2) is 18.2 Å². The summed E-state index contributed by atoms with van der Waals surface area (Å²) in [7, 11) is 2.94. The first-order chi connectivity index (χ1) is 8.24. The lowest BCUT2D eigenvalue weighted by molar-refractivity contribution is 0.267. The molecule has 0 aliphatic carbocycles. The summed E-state index contributed by atoms with van der Waals surface area (Å²) in [6.07, 6.45) is 0. The fraction of sp³-hybridized carbons (Fsp3) is 0.200. The second-order valence-corrected chi connectivity index (χ2v) is 3.16. The molecule has 0 unspecified atom stereocenters. The maximum absolute atomic E-state index is 13.2. The van der Waals surface area contributed by atoms with Crippen LogP contribution < -0.4 is 10.2 Å². The highest BCUT2D eigenvalue weighted by molar-refractivity contribution is 5.64. The monoisotopic (exact) mass is 238 g/mol. The zero-order valence-corrected chi connectivity index (χ0v) is 9.32. The first kappa shape index (κ1) is 11.3. The highest BCUT2D eigenvalue weighted by Crippen LogP contribution is 2.28. The van der Waals surface area contributed by atoms with Crippen molar-refractivity contribution in [1.29, 1.82) is 0 Å². The van der Waals surface area contributed by atoms with Gasteiger partial charge in [-0.1, -0.05) is 0 Å². The minimum Gasteiger partial charge on any atom is -0.496 e. The Kier molecular flexibility index (Phi) is 3.20. The average Bonchev–Trinajstić information content (AvgIpc) is 2.78. The molecule has 0 aliphatic heterocycles. The summed E-state index contributed by atoms with van der Waals surface area (Å²) < 4.78 is 18.3. The lowest BCUT2D eigenvalue weighted by atomic mass is 10.2. The van der Waals surface area contributed by atoms with Crippen LogP contribution in [0, 0.1) is 5.82 Å². The van der Waals surface area contributed by atoms with E-state index in [1.165, 1.54) is 32.4 Å². The number of rotatable bonds is 4. The van der Waals surface area contributed by atoms with Gasteiger partial charge in [-0.15, -0.1) is 5.10 Å². The van der Waals surface area contributed by atoms with E-state index in [-0.39, 0.29) is 11.8 Å². The predicted molar refractivity (Wildman–Crippen MR) is 59.0 cm³/mol. The largest absolute Gasteiger partial charge is 0.496 e. The van der Waals surface area contributed by atoms with Crippen LogP contribution in [0.25, 0.3) is 11.4 Å². The third-order valence-corrected chi connectivity index (χ3v) is 2.10. The fourth-order valence-electron chi connectivity index (χ4n) is 1.38. The normalized spacial score (nSPS) is 10.3. The summed E-state index contributed by atoms with van der Waals surface area (Å²) in [5, 5.41) is 6.50. The van der Waals surface area contributed by atoms with Gasteiger partial charge in [-0.25, -0.2) is 9.87 Å². The third kappa shape index (κ3) is 2.34. The Morgan fingerprint density at radius 2 is 2.18 bits per heavy atom. The van der Waals surface area contributed by atoms with Crippen molar-refractivity contribution in [2.75, 3.05) is 19.7 Å². The molecule has 2 rings (SSSR count). The van der Waals surface area contributed by atoms with Crippen LogP contribution in [0.4, 0.5) is 10.3 Å². The van der Waals surface area contributed by atoms with Gasteiger partial charge in [0, 0.05) is 0 Å². The number of nitrogens with zero attached hydrogens (tertiary/aromatic N) is 2.